The molecule has 3 rings (SSSR count). The molecule has 7 heteroatoms. The molecule has 0 bridgehead atoms. The summed E-state index contributed by atoms with van der Waals surface area (Å²) in [6.45, 7) is 3.06. The molecular weight excluding hydrogens is 404 g/mol. The molecule has 1 unspecified atom stereocenters. The van der Waals surface area contributed by atoms with Crippen LogP contribution in [-0.2, 0) is 9.59 Å². The van der Waals surface area contributed by atoms with Gasteiger partial charge in [0.05, 0.1) is 17.2 Å². The number of carbonyl (C=O) groups is 2. The lowest BCUT2D eigenvalue weighted by atomic mass is 9.94. The topological polar surface area (TPSA) is 81.1 Å². The van der Waals surface area contributed by atoms with Crippen molar-refractivity contribution in [1.29, 1.82) is 0 Å². The van der Waals surface area contributed by atoms with Gasteiger partial charge < -0.3 is 20.0 Å². The van der Waals surface area contributed by atoms with Gasteiger partial charge in [0.25, 0.3) is 11.7 Å². The van der Waals surface area contributed by atoms with E-state index in [4.69, 9.17) is 11.6 Å². The maximum atomic E-state index is 12.9. The van der Waals surface area contributed by atoms with Crippen LogP contribution in [0.4, 0.5) is 0 Å². The number of halogens is 1. The number of aliphatic hydroxyl groups is 1. The first-order valence-electron chi connectivity index (χ1n) is 9.69. The van der Waals surface area contributed by atoms with Crippen LogP contribution >= 0.6 is 11.6 Å². The fourth-order valence-corrected chi connectivity index (χ4v) is 3.78. The summed E-state index contributed by atoms with van der Waals surface area (Å²) in [6, 6.07) is 10.9. The van der Waals surface area contributed by atoms with E-state index in [1.165, 1.54) is 23.1 Å². The van der Waals surface area contributed by atoms with Crippen LogP contribution in [-0.4, -0.2) is 58.9 Å². The lowest BCUT2D eigenvalue weighted by Gasteiger charge is -2.26. The quantitative estimate of drug-likeness (QED) is 0.416. The molecule has 2 aromatic rings. The second kappa shape index (κ2) is 8.90. The number of amides is 1. The lowest BCUT2D eigenvalue weighted by Crippen LogP contribution is -2.32. The number of phenols is 1. The molecule has 1 fully saturated rings. The third kappa shape index (κ3) is 4.35. The van der Waals surface area contributed by atoms with E-state index < -0.39 is 23.5 Å². The van der Waals surface area contributed by atoms with Crippen molar-refractivity contribution in [1.82, 2.24) is 9.80 Å². The molecule has 0 saturated carbocycles. The first-order chi connectivity index (χ1) is 14.2. The number of rotatable bonds is 6. The first kappa shape index (κ1) is 21.9. The number of aliphatic hydroxyl groups excluding tert-OH is 1. The Labute approximate surface area is 181 Å². The molecule has 0 aliphatic carbocycles. The van der Waals surface area contributed by atoms with Crippen LogP contribution in [0.2, 0.25) is 5.02 Å². The van der Waals surface area contributed by atoms with Gasteiger partial charge >= 0.3 is 0 Å². The van der Waals surface area contributed by atoms with E-state index in [1.807, 2.05) is 50.2 Å². The van der Waals surface area contributed by atoms with E-state index in [1.54, 1.807) is 0 Å². The SMILES string of the molecule is Cc1ccc(C2C(=C(O)c3cc(Cl)ccc3O)C(=O)C(=O)N2CCCN(C)C)cc1. The molecule has 1 aliphatic heterocycles. The van der Waals surface area contributed by atoms with Crippen LogP contribution in [0, 0.1) is 6.92 Å². The van der Waals surface area contributed by atoms with Gasteiger partial charge in [0.2, 0.25) is 0 Å². The van der Waals surface area contributed by atoms with Crippen molar-refractivity contribution in [3.8, 4) is 5.75 Å². The smallest absolute Gasteiger partial charge is 0.295 e. The number of benzene rings is 2. The third-order valence-corrected chi connectivity index (χ3v) is 5.39. The van der Waals surface area contributed by atoms with Crippen LogP contribution in [0.3, 0.4) is 0 Å². The monoisotopic (exact) mass is 428 g/mol. The summed E-state index contributed by atoms with van der Waals surface area (Å²) in [5.74, 6) is -2.10. The zero-order valence-electron chi connectivity index (χ0n) is 17.2. The Kier molecular flexibility index (Phi) is 6.48. The summed E-state index contributed by atoms with van der Waals surface area (Å²) in [4.78, 5) is 29.3. The third-order valence-electron chi connectivity index (χ3n) is 5.15. The normalized spacial score (nSPS) is 18.4. The average Bonchev–Trinajstić information content (AvgIpc) is 2.94. The maximum Gasteiger partial charge on any atom is 0.295 e. The Morgan fingerprint density at radius 1 is 1.13 bits per heavy atom. The van der Waals surface area contributed by atoms with Gasteiger partial charge in [0, 0.05) is 11.6 Å². The van der Waals surface area contributed by atoms with Crippen molar-refractivity contribution in [3.05, 3.63) is 69.8 Å². The second-order valence-corrected chi connectivity index (χ2v) is 8.16. The van der Waals surface area contributed by atoms with Crippen LogP contribution in [0.25, 0.3) is 5.76 Å². The summed E-state index contributed by atoms with van der Waals surface area (Å²) in [5.41, 5.74) is 1.72. The lowest BCUT2D eigenvalue weighted by molar-refractivity contribution is -0.139. The Morgan fingerprint density at radius 3 is 2.43 bits per heavy atom. The molecule has 30 heavy (non-hydrogen) atoms. The number of aryl methyl sites for hydroxylation is 1. The summed E-state index contributed by atoms with van der Waals surface area (Å²) < 4.78 is 0. The molecule has 1 atom stereocenters. The van der Waals surface area contributed by atoms with Gasteiger partial charge in [0.1, 0.15) is 11.5 Å². The number of carbonyl (C=O) groups excluding carboxylic acids is 2. The number of nitrogens with zero attached hydrogens (tertiary/aromatic N) is 2. The molecule has 2 aromatic carbocycles. The molecule has 2 N–H and O–H groups in total. The number of ketones is 1. The van der Waals surface area contributed by atoms with E-state index >= 15 is 0 Å². The highest BCUT2D eigenvalue weighted by atomic mass is 35.5. The largest absolute Gasteiger partial charge is 0.507 e. The average molecular weight is 429 g/mol. The minimum atomic E-state index is -0.776. The van der Waals surface area contributed by atoms with Crippen LogP contribution in [0.5, 0.6) is 5.75 Å². The standard InChI is InChI=1S/C23H25ClN2O4/c1-14-5-7-15(8-6-14)20-19(21(28)17-13-16(24)9-10-18(17)27)22(29)23(30)26(20)12-4-11-25(2)3/h5-10,13,20,27-28H,4,11-12H2,1-3H3. The van der Waals surface area contributed by atoms with Gasteiger partial charge in [-0.2, -0.15) is 0 Å². The van der Waals surface area contributed by atoms with E-state index in [0.717, 1.165) is 12.1 Å². The Hall–Kier alpha value is -2.83. The highest BCUT2D eigenvalue weighted by Crippen LogP contribution is 2.41. The molecule has 1 aliphatic rings. The molecule has 1 amide bonds. The number of aromatic hydroxyl groups is 1. The number of hydrogen-bond acceptors (Lipinski definition) is 5. The molecule has 1 heterocycles. The van der Waals surface area contributed by atoms with Crippen molar-refractivity contribution in [2.45, 2.75) is 19.4 Å². The van der Waals surface area contributed by atoms with E-state index in [2.05, 4.69) is 0 Å². The first-order valence-corrected chi connectivity index (χ1v) is 10.1. The molecular formula is C23H25ClN2O4. The molecule has 0 aromatic heterocycles. The van der Waals surface area contributed by atoms with Crippen molar-refractivity contribution in [2.24, 2.45) is 0 Å². The highest BCUT2D eigenvalue weighted by molar-refractivity contribution is 6.46. The zero-order valence-corrected chi connectivity index (χ0v) is 18.0. The molecule has 0 radical (unpaired) electrons. The summed E-state index contributed by atoms with van der Waals surface area (Å²) in [5, 5.41) is 21.5. The molecule has 158 valence electrons. The van der Waals surface area contributed by atoms with Crippen molar-refractivity contribution in [3.63, 3.8) is 0 Å². The van der Waals surface area contributed by atoms with E-state index in [9.17, 15) is 19.8 Å². The van der Waals surface area contributed by atoms with Crippen molar-refractivity contribution < 1.29 is 19.8 Å². The van der Waals surface area contributed by atoms with Gasteiger partial charge in [-0.05, 0) is 57.7 Å². The molecule has 0 spiro atoms. The minimum absolute atomic E-state index is 0.0194. The van der Waals surface area contributed by atoms with Crippen LogP contribution < -0.4 is 0 Å². The summed E-state index contributed by atoms with van der Waals surface area (Å²) >= 11 is 6.02. The van der Waals surface area contributed by atoms with Crippen molar-refractivity contribution >= 4 is 29.1 Å². The van der Waals surface area contributed by atoms with Gasteiger partial charge in [-0.15, -0.1) is 0 Å². The van der Waals surface area contributed by atoms with E-state index in [0.29, 0.717) is 23.6 Å². The zero-order chi connectivity index (χ0) is 22.0. The van der Waals surface area contributed by atoms with Gasteiger partial charge in [-0.25, -0.2) is 0 Å². The number of Topliss-reactive ketones (excluding diaryl/α,β-unsaturated/α-hetero) is 1. The number of likely N-dealkylation sites (tertiary alicyclic amines) is 1. The summed E-state index contributed by atoms with van der Waals surface area (Å²) in [7, 11) is 3.88. The van der Waals surface area contributed by atoms with Crippen LogP contribution in [0.1, 0.15) is 29.2 Å². The highest BCUT2D eigenvalue weighted by Gasteiger charge is 2.46. The predicted molar refractivity (Wildman–Crippen MR) is 116 cm³/mol. The number of phenolic OH excluding ortho intramolecular Hbond substituents is 1. The van der Waals surface area contributed by atoms with Gasteiger partial charge in [-0.1, -0.05) is 41.4 Å². The maximum absolute atomic E-state index is 12.9. The predicted octanol–water partition coefficient (Wildman–Crippen LogP) is 3.73. The summed E-state index contributed by atoms with van der Waals surface area (Å²) in [6.07, 6.45) is 0.671. The molecule has 1 saturated heterocycles. The fraction of sp³-hybridized carbons (Fsp3) is 0.304. The Balaban J connectivity index is 2.13. The fourth-order valence-electron chi connectivity index (χ4n) is 3.61. The van der Waals surface area contributed by atoms with Crippen molar-refractivity contribution in [2.75, 3.05) is 27.2 Å². The second-order valence-electron chi connectivity index (χ2n) is 7.72. The van der Waals surface area contributed by atoms with E-state index in [-0.39, 0.29) is 16.9 Å². The minimum Gasteiger partial charge on any atom is -0.507 e. The van der Waals surface area contributed by atoms with Gasteiger partial charge in [0.15, 0.2) is 0 Å². The molecule has 6 nitrogen and oxygen atoms in total. The Bertz CT molecular complexity index is 999. The number of hydrogen-bond donors (Lipinski definition) is 2. The van der Waals surface area contributed by atoms with Crippen LogP contribution in [0.15, 0.2) is 48.0 Å². The van der Waals surface area contributed by atoms with Gasteiger partial charge in [-0.3, -0.25) is 9.59 Å². The Morgan fingerprint density at radius 2 is 1.80 bits per heavy atom.